The molecule has 1 aliphatic rings. The van der Waals surface area contributed by atoms with Crippen LogP contribution in [-0.2, 0) is 9.53 Å². The normalized spacial score (nSPS) is 12.9. The summed E-state index contributed by atoms with van der Waals surface area (Å²) in [5.74, 6) is -1.66. The van der Waals surface area contributed by atoms with E-state index < -0.39 is 12.1 Å². The van der Waals surface area contributed by atoms with Crippen LogP contribution in [0.4, 0.5) is 10.5 Å². The van der Waals surface area contributed by atoms with Crippen molar-refractivity contribution in [1.29, 1.82) is 0 Å². The van der Waals surface area contributed by atoms with Crippen LogP contribution >= 0.6 is 11.6 Å². The average molecular weight is 493 g/mol. The number of aromatic carboxylic acids is 1. The smallest absolute Gasteiger partial charge is 0.407 e. The molecule has 180 valence electrons. The maximum absolute atomic E-state index is 12.4. The number of carboxylic acid groups (broad SMARTS) is 1. The molecule has 1 unspecified atom stereocenters. The van der Waals surface area contributed by atoms with E-state index in [1.54, 1.807) is 0 Å². The van der Waals surface area contributed by atoms with Gasteiger partial charge in [0.15, 0.2) is 0 Å². The number of rotatable bonds is 8. The molecule has 0 aliphatic heterocycles. The summed E-state index contributed by atoms with van der Waals surface area (Å²) in [6, 6.07) is 20.3. The van der Waals surface area contributed by atoms with Crippen molar-refractivity contribution in [3.8, 4) is 11.1 Å². The van der Waals surface area contributed by atoms with Crippen LogP contribution < -0.4 is 10.6 Å². The highest BCUT2D eigenvalue weighted by Gasteiger charge is 2.29. The first kappa shape index (κ1) is 24.3. The van der Waals surface area contributed by atoms with E-state index in [0.717, 1.165) is 22.3 Å². The van der Waals surface area contributed by atoms with Crippen molar-refractivity contribution >= 4 is 35.3 Å². The topological polar surface area (TPSA) is 105 Å². The van der Waals surface area contributed by atoms with Crippen molar-refractivity contribution in [3.05, 3.63) is 88.4 Å². The van der Waals surface area contributed by atoms with E-state index in [1.807, 2.05) is 31.2 Å². The molecule has 0 saturated heterocycles. The lowest BCUT2D eigenvalue weighted by atomic mass is 9.98. The number of nitrogens with one attached hydrogen (secondary N) is 2. The van der Waals surface area contributed by atoms with Gasteiger partial charge in [0, 0.05) is 18.9 Å². The summed E-state index contributed by atoms with van der Waals surface area (Å²) in [7, 11) is 0. The van der Waals surface area contributed by atoms with Gasteiger partial charge in [-0.3, -0.25) is 4.79 Å². The predicted octanol–water partition coefficient (Wildman–Crippen LogP) is 5.54. The molecule has 3 aromatic rings. The van der Waals surface area contributed by atoms with Gasteiger partial charge in [-0.05, 0) is 46.4 Å². The Hall–Kier alpha value is -3.84. The number of ether oxygens (including phenoxy) is 1. The molecule has 35 heavy (non-hydrogen) atoms. The van der Waals surface area contributed by atoms with Gasteiger partial charge in [0.2, 0.25) is 5.91 Å². The highest BCUT2D eigenvalue weighted by Crippen LogP contribution is 2.44. The first-order chi connectivity index (χ1) is 16.8. The number of benzene rings is 3. The van der Waals surface area contributed by atoms with Gasteiger partial charge >= 0.3 is 12.1 Å². The molecule has 0 bridgehead atoms. The number of fused-ring (bicyclic) bond motifs is 3. The van der Waals surface area contributed by atoms with Crippen molar-refractivity contribution in [1.82, 2.24) is 5.32 Å². The minimum Gasteiger partial charge on any atom is -0.478 e. The molecule has 3 N–H and O–H groups in total. The van der Waals surface area contributed by atoms with Crippen LogP contribution in [-0.4, -0.2) is 36.2 Å². The van der Waals surface area contributed by atoms with Gasteiger partial charge in [-0.25, -0.2) is 9.59 Å². The Balaban J connectivity index is 1.26. The Labute approximate surface area is 208 Å². The summed E-state index contributed by atoms with van der Waals surface area (Å²) in [5.41, 5.74) is 4.84. The van der Waals surface area contributed by atoms with Crippen LogP contribution in [0, 0.1) is 5.92 Å². The van der Waals surface area contributed by atoms with Gasteiger partial charge in [-0.1, -0.05) is 67.1 Å². The summed E-state index contributed by atoms with van der Waals surface area (Å²) < 4.78 is 5.52. The Bertz CT molecular complexity index is 1230. The molecule has 0 saturated carbocycles. The van der Waals surface area contributed by atoms with E-state index in [2.05, 4.69) is 34.9 Å². The number of halogens is 1. The van der Waals surface area contributed by atoms with Crippen molar-refractivity contribution in [3.63, 3.8) is 0 Å². The highest BCUT2D eigenvalue weighted by atomic mass is 35.5. The fraction of sp³-hybridized carbons (Fsp3) is 0.222. The largest absolute Gasteiger partial charge is 0.478 e. The van der Waals surface area contributed by atoms with Crippen molar-refractivity contribution in [2.24, 2.45) is 5.92 Å². The maximum Gasteiger partial charge on any atom is 0.407 e. The number of carbonyl (C=O) groups is 3. The highest BCUT2D eigenvalue weighted by molar-refractivity contribution is 6.33. The van der Waals surface area contributed by atoms with Gasteiger partial charge in [-0.15, -0.1) is 0 Å². The van der Waals surface area contributed by atoms with Crippen LogP contribution in [0.15, 0.2) is 66.7 Å². The maximum atomic E-state index is 12.4. The van der Waals surface area contributed by atoms with Gasteiger partial charge < -0.3 is 20.5 Å². The van der Waals surface area contributed by atoms with Crippen LogP contribution in [0.25, 0.3) is 11.1 Å². The van der Waals surface area contributed by atoms with E-state index in [1.165, 1.54) is 18.2 Å². The average Bonchev–Trinajstić information content (AvgIpc) is 3.16. The number of anilines is 1. The molecule has 0 radical (unpaired) electrons. The Morgan fingerprint density at radius 2 is 1.63 bits per heavy atom. The molecule has 2 amide bonds. The summed E-state index contributed by atoms with van der Waals surface area (Å²) >= 11 is 6.05. The van der Waals surface area contributed by atoms with Crippen molar-refractivity contribution < 1.29 is 24.2 Å². The Morgan fingerprint density at radius 3 is 2.26 bits per heavy atom. The van der Waals surface area contributed by atoms with Crippen LogP contribution in [0.5, 0.6) is 0 Å². The fourth-order valence-corrected chi connectivity index (χ4v) is 4.42. The van der Waals surface area contributed by atoms with Crippen LogP contribution in [0.2, 0.25) is 5.02 Å². The SMILES string of the molecule is CC(CNC(=O)OCC1c2ccccc2-c2ccccc21)CC(=O)Nc1cc(C(=O)O)ccc1Cl. The molecule has 0 aromatic heterocycles. The quantitative estimate of drug-likeness (QED) is 0.383. The lowest BCUT2D eigenvalue weighted by Gasteiger charge is -2.16. The second-order valence-corrected chi connectivity index (χ2v) is 8.97. The Morgan fingerprint density at radius 1 is 1.00 bits per heavy atom. The molecule has 1 atom stereocenters. The zero-order valence-electron chi connectivity index (χ0n) is 19.1. The number of carbonyl (C=O) groups excluding carboxylic acids is 2. The lowest BCUT2D eigenvalue weighted by Crippen LogP contribution is -2.31. The van der Waals surface area contributed by atoms with Gasteiger partial charge in [0.1, 0.15) is 6.61 Å². The summed E-state index contributed by atoms with van der Waals surface area (Å²) in [6.45, 7) is 2.28. The fourth-order valence-electron chi connectivity index (χ4n) is 4.25. The lowest BCUT2D eigenvalue weighted by molar-refractivity contribution is -0.116. The molecule has 4 rings (SSSR count). The molecule has 3 aromatic carbocycles. The summed E-state index contributed by atoms with van der Waals surface area (Å²) in [6.07, 6.45) is -0.437. The third kappa shape index (κ3) is 5.63. The zero-order chi connectivity index (χ0) is 24.9. The monoisotopic (exact) mass is 492 g/mol. The molecule has 1 aliphatic carbocycles. The number of carboxylic acids is 1. The van der Waals surface area contributed by atoms with E-state index in [4.69, 9.17) is 21.4 Å². The van der Waals surface area contributed by atoms with Crippen LogP contribution in [0.3, 0.4) is 0 Å². The molecule has 8 heteroatoms. The molecule has 0 heterocycles. The van der Waals surface area contributed by atoms with Gasteiger partial charge in [-0.2, -0.15) is 0 Å². The summed E-state index contributed by atoms with van der Waals surface area (Å²) in [5, 5.41) is 14.7. The second kappa shape index (κ2) is 10.6. The van der Waals surface area contributed by atoms with E-state index in [0.29, 0.717) is 0 Å². The zero-order valence-corrected chi connectivity index (χ0v) is 19.8. The number of alkyl carbamates (subject to hydrolysis) is 1. The third-order valence-electron chi connectivity index (χ3n) is 5.96. The molecular formula is C27H25ClN2O5. The van der Waals surface area contributed by atoms with E-state index >= 15 is 0 Å². The van der Waals surface area contributed by atoms with Crippen LogP contribution in [0.1, 0.15) is 40.7 Å². The first-order valence-electron chi connectivity index (χ1n) is 11.2. The predicted molar refractivity (Wildman–Crippen MR) is 134 cm³/mol. The molecule has 0 spiro atoms. The van der Waals surface area contributed by atoms with Crippen molar-refractivity contribution in [2.45, 2.75) is 19.3 Å². The van der Waals surface area contributed by atoms with Gasteiger partial charge in [0.05, 0.1) is 16.3 Å². The first-order valence-corrected chi connectivity index (χ1v) is 11.6. The van der Waals surface area contributed by atoms with Gasteiger partial charge in [0.25, 0.3) is 0 Å². The molecule has 7 nitrogen and oxygen atoms in total. The molecular weight excluding hydrogens is 468 g/mol. The standard InChI is InChI=1S/C27H25ClN2O5/c1-16(12-25(31)30-24-13-17(26(32)33)10-11-23(24)28)14-29-27(34)35-15-22-20-8-4-2-6-18(20)19-7-3-5-9-21(19)22/h2-11,13,16,22H,12,14-15H2,1H3,(H,29,34)(H,30,31)(H,32,33). The number of hydrogen-bond acceptors (Lipinski definition) is 4. The Kier molecular flexibility index (Phi) is 7.36. The minimum absolute atomic E-state index is 0.0228. The van der Waals surface area contributed by atoms with E-state index in [9.17, 15) is 14.4 Å². The second-order valence-electron chi connectivity index (χ2n) is 8.56. The third-order valence-corrected chi connectivity index (χ3v) is 6.29. The van der Waals surface area contributed by atoms with E-state index in [-0.39, 0.29) is 53.6 Å². The number of hydrogen-bond donors (Lipinski definition) is 3. The summed E-state index contributed by atoms with van der Waals surface area (Å²) in [4.78, 5) is 35.8. The number of amides is 2. The minimum atomic E-state index is -1.11. The van der Waals surface area contributed by atoms with Crippen molar-refractivity contribution in [2.75, 3.05) is 18.5 Å². The molecule has 0 fully saturated rings.